The molecule has 0 N–H and O–H groups in total. The maximum atomic E-state index is 12.8. The van der Waals surface area contributed by atoms with Crippen molar-refractivity contribution in [2.45, 2.75) is 38.5 Å². The summed E-state index contributed by atoms with van der Waals surface area (Å²) in [6.45, 7) is -1.79. The van der Waals surface area contributed by atoms with Gasteiger partial charge in [0.15, 0.2) is 0 Å². The topological polar surface area (TPSA) is 92.8 Å². The molecule has 0 aliphatic heterocycles. The van der Waals surface area contributed by atoms with E-state index in [9.17, 15) is 46.6 Å². The lowest BCUT2D eigenvalue weighted by Crippen LogP contribution is -2.33. The van der Waals surface area contributed by atoms with Gasteiger partial charge >= 0.3 is 12.4 Å². The van der Waals surface area contributed by atoms with E-state index < -0.39 is 35.3 Å². The molecule has 0 spiro atoms. The van der Waals surface area contributed by atoms with Crippen molar-refractivity contribution in [2.75, 3.05) is 13.1 Å². The largest absolute Gasteiger partial charge is 0.401 e. The van der Waals surface area contributed by atoms with Gasteiger partial charge in [-0.15, -0.1) is 0 Å². The van der Waals surface area contributed by atoms with E-state index in [2.05, 4.69) is 0 Å². The first-order valence-corrected chi connectivity index (χ1v) is 14.3. The molecule has 15 heteroatoms. The van der Waals surface area contributed by atoms with Crippen molar-refractivity contribution in [1.82, 2.24) is 9.80 Å². The third-order valence-electron chi connectivity index (χ3n) is 6.48. The van der Waals surface area contributed by atoms with Crippen molar-refractivity contribution in [3.63, 3.8) is 0 Å². The number of rotatable bonds is 12. The van der Waals surface area contributed by atoms with E-state index in [1.54, 1.807) is 54.6 Å². The Balaban J connectivity index is 0.000000256. The summed E-state index contributed by atoms with van der Waals surface area (Å²) in [6.07, 6.45) is -8.65. The van der Waals surface area contributed by atoms with E-state index in [-0.39, 0.29) is 37.6 Å². The highest BCUT2D eigenvalue weighted by molar-refractivity contribution is 6.30. The molecule has 4 aromatic carbocycles. The average Bonchev–Trinajstić information content (AvgIpc) is 2.98. The number of alkyl halides is 6. The van der Waals surface area contributed by atoms with Crippen molar-refractivity contribution in [3.05, 3.63) is 151 Å². The Morgan fingerprint density at radius 2 is 0.809 bits per heavy atom. The molecule has 0 saturated heterocycles. The molecule has 0 aliphatic carbocycles. The maximum Gasteiger partial charge on any atom is 0.401 e. The zero-order chi connectivity index (χ0) is 34.6. The van der Waals surface area contributed by atoms with Gasteiger partial charge in [-0.25, -0.2) is 0 Å². The summed E-state index contributed by atoms with van der Waals surface area (Å²) in [5.41, 5.74) is 2.46. The smallest absolute Gasteiger partial charge is 0.286 e. The van der Waals surface area contributed by atoms with Crippen LogP contribution in [0.15, 0.2) is 103 Å². The first-order chi connectivity index (χ1) is 22.1. The molecule has 250 valence electrons. The van der Waals surface area contributed by atoms with Gasteiger partial charge < -0.3 is 0 Å². The summed E-state index contributed by atoms with van der Waals surface area (Å²) in [6, 6.07) is 26.5. The van der Waals surface area contributed by atoms with Crippen LogP contribution in [0.25, 0.3) is 0 Å². The molecule has 0 bridgehead atoms. The summed E-state index contributed by atoms with van der Waals surface area (Å²) in [5, 5.41) is 21.7. The van der Waals surface area contributed by atoms with Crippen LogP contribution in [0.4, 0.5) is 37.7 Å². The monoisotopic (exact) mass is 682 g/mol. The number of hydrogen-bond donors (Lipinski definition) is 0. The second kappa shape index (κ2) is 16.9. The SMILES string of the molecule is O=[N+]([O-])c1ccc(CN(Cc2ccc(Cl)cc2)CC(F)(F)F)cc1.O=[N+]([O-])c1ccc(CN(Cc2ccccc2)CC(F)(F)F)cc1. The van der Waals surface area contributed by atoms with Crippen LogP contribution in [-0.2, 0) is 26.2 Å². The van der Waals surface area contributed by atoms with Crippen LogP contribution in [0.3, 0.4) is 0 Å². The summed E-state index contributed by atoms with van der Waals surface area (Å²) in [7, 11) is 0. The fraction of sp³-hybridized carbons (Fsp3) is 0.250. The lowest BCUT2D eigenvalue weighted by atomic mass is 10.1. The Labute approximate surface area is 271 Å². The van der Waals surface area contributed by atoms with Gasteiger partial charge in [-0.1, -0.05) is 78.3 Å². The summed E-state index contributed by atoms with van der Waals surface area (Å²) in [5.74, 6) is 0. The lowest BCUT2D eigenvalue weighted by Gasteiger charge is -2.24. The molecular formula is C32H29ClF6N4O4. The van der Waals surface area contributed by atoms with Crippen molar-refractivity contribution < 1.29 is 36.2 Å². The van der Waals surface area contributed by atoms with Crippen LogP contribution in [0.1, 0.15) is 22.3 Å². The van der Waals surface area contributed by atoms with Gasteiger partial charge in [0.25, 0.3) is 11.4 Å². The van der Waals surface area contributed by atoms with Crippen LogP contribution in [0, 0.1) is 20.2 Å². The van der Waals surface area contributed by atoms with Crippen LogP contribution in [0.2, 0.25) is 5.02 Å². The Morgan fingerprint density at radius 1 is 0.511 bits per heavy atom. The fourth-order valence-corrected chi connectivity index (χ4v) is 4.62. The number of hydrogen-bond acceptors (Lipinski definition) is 6. The lowest BCUT2D eigenvalue weighted by molar-refractivity contribution is -0.385. The first-order valence-electron chi connectivity index (χ1n) is 13.9. The van der Waals surface area contributed by atoms with E-state index in [0.717, 1.165) is 5.56 Å². The quantitative estimate of drug-likeness (QED) is 0.0842. The van der Waals surface area contributed by atoms with Gasteiger partial charge in [-0.2, -0.15) is 26.3 Å². The molecule has 0 radical (unpaired) electrons. The third-order valence-corrected chi connectivity index (χ3v) is 6.73. The molecule has 0 heterocycles. The number of benzene rings is 4. The van der Waals surface area contributed by atoms with Gasteiger partial charge in [0.05, 0.1) is 22.9 Å². The highest BCUT2D eigenvalue weighted by Crippen LogP contribution is 2.23. The van der Waals surface area contributed by atoms with Crippen molar-refractivity contribution in [1.29, 1.82) is 0 Å². The van der Waals surface area contributed by atoms with Crippen LogP contribution >= 0.6 is 11.6 Å². The van der Waals surface area contributed by atoms with E-state index in [1.807, 2.05) is 0 Å². The van der Waals surface area contributed by atoms with E-state index >= 15 is 0 Å². The molecule has 0 atom stereocenters. The zero-order valence-corrected chi connectivity index (χ0v) is 25.4. The predicted octanol–water partition coefficient (Wildman–Crippen LogP) is 8.97. The number of non-ortho nitro benzene ring substituents is 2. The van der Waals surface area contributed by atoms with Crippen LogP contribution in [0.5, 0.6) is 0 Å². The Morgan fingerprint density at radius 3 is 1.11 bits per heavy atom. The molecular weight excluding hydrogens is 654 g/mol. The Bertz CT molecular complexity index is 1570. The van der Waals surface area contributed by atoms with Gasteiger partial charge in [0, 0.05) is 55.5 Å². The van der Waals surface area contributed by atoms with E-state index in [4.69, 9.17) is 11.6 Å². The van der Waals surface area contributed by atoms with Crippen molar-refractivity contribution in [3.8, 4) is 0 Å². The maximum absolute atomic E-state index is 12.8. The number of nitro groups is 2. The fourth-order valence-electron chi connectivity index (χ4n) is 4.49. The Kier molecular flexibility index (Phi) is 13.2. The van der Waals surface area contributed by atoms with Gasteiger partial charge in [-0.3, -0.25) is 30.0 Å². The number of nitrogens with zero attached hydrogens (tertiary/aromatic N) is 4. The zero-order valence-electron chi connectivity index (χ0n) is 24.6. The van der Waals surface area contributed by atoms with E-state index in [1.165, 1.54) is 58.3 Å². The molecule has 0 aliphatic rings. The highest BCUT2D eigenvalue weighted by atomic mass is 35.5. The first kappa shape index (κ1) is 36.9. The summed E-state index contributed by atoms with van der Waals surface area (Å²) in [4.78, 5) is 22.6. The minimum absolute atomic E-state index is 0.0279. The Hall–Kier alpha value is -4.53. The van der Waals surface area contributed by atoms with E-state index in [0.29, 0.717) is 21.7 Å². The van der Waals surface area contributed by atoms with Crippen LogP contribution < -0.4 is 0 Å². The van der Waals surface area contributed by atoms with Crippen LogP contribution in [-0.4, -0.2) is 45.1 Å². The minimum Gasteiger partial charge on any atom is -0.286 e. The minimum atomic E-state index is -4.34. The molecule has 0 amide bonds. The van der Waals surface area contributed by atoms with Crippen molar-refractivity contribution in [2.24, 2.45) is 0 Å². The molecule has 4 rings (SSSR count). The normalized spacial score (nSPS) is 11.7. The summed E-state index contributed by atoms with van der Waals surface area (Å²) < 4.78 is 76.6. The second-order valence-corrected chi connectivity index (χ2v) is 10.9. The molecule has 8 nitrogen and oxygen atoms in total. The molecule has 0 fully saturated rings. The second-order valence-electron chi connectivity index (χ2n) is 10.5. The molecule has 4 aromatic rings. The highest BCUT2D eigenvalue weighted by Gasteiger charge is 2.31. The molecule has 47 heavy (non-hydrogen) atoms. The van der Waals surface area contributed by atoms with Gasteiger partial charge in [-0.05, 0) is 34.4 Å². The van der Waals surface area contributed by atoms with Crippen molar-refractivity contribution >= 4 is 23.0 Å². The number of nitro benzene ring substituents is 2. The predicted molar refractivity (Wildman–Crippen MR) is 164 cm³/mol. The molecule has 0 unspecified atom stereocenters. The average molecular weight is 683 g/mol. The number of halogens is 7. The molecule has 0 saturated carbocycles. The third kappa shape index (κ3) is 14.2. The van der Waals surface area contributed by atoms with Gasteiger partial charge in [0.2, 0.25) is 0 Å². The molecule has 0 aromatic heterocycles. The standard InChI is InChI=1S/C16H14ClF3N2O2.C16H15F3N2O2/c17-14-5-1-12(2-6-14)9-21(11-16(18,19)20)10-13-3-7-15(8-4-13)22(23)24;17-16(18,19)12-20(10-13-4-2-1-3-5-13)11-14-6-8-15(9-7-14)21(22)23/h1-8H,9-11H2;1-9H,10-12H2. The summed E-state index contributed by atoms with van der Waals surface area (Å²) >= 11 is 5.78. The van der Waals surface area contributed by atoms with Gasteiger partial charge in [0.1, 0.15) is 0 Å².